The number of benzene rings is 1. The molecular weight excluding hydrogens is 382 g/mol. The second kappa shape index (κ2) is 11.0. The highest BCUT2D eigenvalue weighted by atomic mass is 32.2. The number of nitrogens with one attached hydrogen (secondary N) is 1. The number of unbranched alkanes of at least 4 members (excludes halogenated alkanes) is 3. The lowest BCUT2D eigenvalue weighted by molar-refractivity contribution is -0.140. The number of carbonyl (C=O) groups excluding carboxylic acids is 1. The standard InChI is InChI=1S/C19H27N3O5S/c20-10-6-2-1-3-7-13(19(26)27)21-14-12-28-16-9-5-4-8-15(16)22(18(14)25)11-17(23)24/h4-5,8-9,13-14,21H,1-3,6-7,10-12,20H2,(H,23,24)(H,26,27)/t13-,14-/m0/s1. The van der Waals surface area contributed by atoms with Crippen molar-refractivity contribution >= 4 is 35.3 Å². The Bertz CT molecular complexity index is 700. The lowest BCUT2D eigenvalue weighted by Gasteiger charge is -2.26. The number of hydrogen-bond donors (Lipinski definition) is 4. The zero-order valence-corrected chi connectivity index (χ0v) is 16.5. The third-order valence-electron chi connectivity index (χ3n) is 4.57. The van der Waals surface area contributed by atoms with Crippen LogP contribution in [-0.4, -0.2) is 59.0 Å². The Hall–Kier alpha value is -2.10. The molecule has 1 aliphatic heterocycles. The van der Waals surface area contributed by atoms with Gasteiger partial charge in [-0.2, -0.15) is 0 Å². The summed E-state index contributed by atoms with van der Waals surface area (Å²) >= 11 is 1.42. The number of thioether (sulfide) groups is 1. The van der Waals surface area contributed by atoms with E-state index in [-0.39, 0.29) is 0 Å². The topological polar surface area (TPSA) is 133 Å². The van der Waals surface area contributed by atoms with Crippen molar-refractivity contribution in [3.05, 3.63) is 24.3 Å². The Balaban J connectivity index is 2.10. The van der Waals surface area contributed by atoms with E-state index in [9.17, 15) is 24.6 Å². The van der Waals surface area contributed by atoms with Crippen LogP contribution in [0.25, 0.3) is 0 Å². The van der Waals surface area contributed by atoms with Gasteiger partial charge in [0.2, 0.25) is 5.91 Å². The fourth-order valence-electron chi connectivity index (χ4n) is 3.14. The van der Waals surface area contributed by atoms with Gasteiger partial charge in [-0.05, 0) is 31.5 Å². The van der Waals surface area contributed by atoms with Crippen LogP contribution in [-0.2, 0) is 14.4 Å². The summed E-state index contributed by atoms with van der Waals surface area (Å²) in [5, 5.41) is 21.7. The van der Waals surface area contributed by atoms with Crippen molar-refractivity contribution in [2.45, 2.75) is 49.1 Å². The molecule has 0 saturated carbocycles. The molecule has 0 bridgehead atoms. The number of carbonyl (C=O) groups is 3. The molecule has 0 unspecified atom stereocenters. The molecule has 2 atom stereocenters. The summed E-state index contributed by atoms with van der Waals surface area (Å²) < 4.78 is 0. The summed E-state index contributed by atoms with van der Waals surface area (Å²) in [6.45, 7) is 0.153. The van der Waals surface area contributed by atoms with Gasteiger partial charge in [0.1, 0.15) is 12.6 Å². The number of aliphatic carboxylic acids is 2. The first-order valence-corrected chi connectivity index (χ1v) is 10.4. The average Bonchev–Trinajstić information content (AvgIpc) is 2.78. The first-order valence-electron chi connectivity index (χ1n) is 9.38. The van der Waals surface area contributed by atoms with Gasteiger partial charge in [0.25, 0.3) is 0 Å². The molecule has 0 aliphatic carbocycles. The van der Waals surface area contributed by atoms with Gasteiger partial charge in [-0.25, -0.2) is 0 Å². The number of hydrogen-bond acceptors (Lipinski definition) is 6. The van der Waals surface area contributed by atoms with E-state index in [1.165, 1.54) is 16.7 Å². The van der Waals surface area contributed by atoms with Gasteiger partial charge in [0.15, 0.2) is 0 Å². The summed E-state index contributed by atoms with van der Waals surface area (Å²) in [5.41, 5.74) is 6.00. The highest BCUT2D eigenvalue weighted by molar-refractivity contribution is 7.99. The Morgan fingerprint density at radius 3 is 2.61 bits per heavy atom. The molecule has 0 saturated heterocycles. The molecule has 0 radical (unpaired) electrons. The lowest BCUT2D eigenvalue weighted by atomic mass is 10.1. The molecule has 0 aromatic heterocycles. The molecule has 8 nitrogen and oxygen atoms in total. The van der Waals surface area contributed by atoms with Gasteiger partial charge >= 0.3 is 11.9 Å². The monoisotopic (exact) mass is 409 g/mol. The Morgan fingerprint density at radius 1 is 1.21 bits per heavy atom. The van der Waals surface area contributed by atoms with Crippen LogP contribution in [0.3, 0.4) is 0 Å². The zero-order valence-electron chi connectivity index (χ0n) is 15.7. The van der Waals surface area contributed by atoms with Crippen LogP contribution >= 0.6 is 11.8 Å². The van der Waals surface area contributed by atoms with Crippen molar-refractivity contribution in [1.29, 1.82) is 0 Å². The summed E-state index contributed by atoms with van der Waals surface area (Å²) in [7, 11) is 0. The van der Waals surface area contributed by atoms with Crippen molar-refractivity contribution < 1.29 is 24.6 Å². The number of carboxylic acids is 2. The SMILES string of the molecule is NCCCCCC[C@H](N[C@H]1CSc2ccccc2N(CC(=O)O)C1=O)C(=O)O. The highest BCUT2D eigenvalue weighted by Crippen LogP contribution is 2.34. The molecule has 2 rings (SSSR count). The molecule has 1 amide bonds. The molecule has 5 N–H and O–H groups in total. The Labute approximate surface area is 168 Å². The summed E-state index contributed by atoms with van der Waals surface area (Å²) in [6.07, 6.45) is 3.86. The fraction of sp³-hybridized carbons (Fsp3) is 0.526. The van der Waals surface area contributed by atoms with E-state index < -0.39 is 36.5 Å². The number of anilines is 1. The van der Waals surface area contributed by atoms with Crippen molar-refractivity contribution in [3.63, 3.8) is 0 Å². The molecular formula is C19H27N3O5S. The van der Waals surface area contributed by atoms with Crippen LogP contribution < -0.4 is 16.0 Å². The second-order valence-corrected chi connectivity index (χ2v) is 7.76. The van der Waals surface area contributed by atoms with E-state index in [0.29, 0.717) is 24.4 Å². The average molecular weight is 410 g/mol. The van der Waals surface area contributed by atoms with Crippen LogP contribution in [0.15, 0.2) is 29.2 Å². The molecule has 28 heavy (non-hydrogen) atoms. The summed E-state index contributed by atoms with van der Waals surface area (Å²) in [6, 6.07) is 5.47. The molecule has 154 valence electrons. The van der Waals surface area contributed by atoms with Gasteiger partial charge in [0.05, 0.1) is 11.7 Å². The quantitative estimate of drug-likeness (QED) is 0.405. The fourth-order valence-corrected chi connectivity index (χ4v) is 4.22. The minimum absolute atomic E-state index is 0.336. The van der Waals surface area contributed by atoms with Gasteiger partial charge < -0.3 is 15.9 Å². The highest BCUT2D eigenvalue weighted by Gasteiger charge is 2.34. The molecule has 0 fully saturated rings. The van der Waals surface area contributed by atoms with Crippen LogP contribution in [0.5, 0.6) is 0 Å². The molecule has 9 heteroatoms. The van der Waals surface area contributed by atoms with Gasteiger partial charge in [-0.15, -0.1) is 11.8 Å². The first-order chi connectivity index (χ1) is 13.4. The maximum atomic E-state index is 13.0. The largest absolute Gasteiger partial charge is 0.480 e. The third kappa shape index (κ3) is 6.22. The number of nitrogens with zero attached hydrogens (tertiary/aromatic N) is 1. The van der Waals surface area contributed by atoms with Crippen molar-refractivity contribution in [2.24, 2.45) is 5.73 Å². The molecule has 1 aromatic rings. The normalized spacial score (nSPS) is 17.7. The van der Waals surface area contributed by atoms with Gasteiger partial charge in [-0.1, -0.05) is 31.4 Å². The number of carboxylic acid groups (broad SMARTS) is 2. The maximum Gasteiger partial charge on any atom is 0.323 e. The van der Waals surface area contributed by atoms with Gasteiger partial charge in [-0.3, -0.25) is 24.6 Å². The molecule has 1 heterocycles. The molecule has 1 aliphatic rings. The van der Waals surface area contributed by atoms with E-state index in [2.05, 4.69) is 5.32 Å². The van der Waals surface area contributed by atoms with E-state index >= 15 is 0 Å². The zero-order chi connectivity index (χ0) is 20.5. The predicted octanol–water partition coefficient (Wildman–Crippen LogP) is 1.53. The maximum absolute atomic E-state index is 13.0. The first kappa shape index (κ1) is 22.2. The van der Waals surface area contributed by atoms with Gasteiger partial charge in [0, 0.05) is 10.6 Å². The van der Waals surface area contributed by atoms with Crippen molar-refractivity contribution in [3.8, 4) is 0 Å². The number of rotatable bonds is 11. The van der Waals surface area contributed by atoms with Crippen molar-refractivity contribution in [2.75, 3.05) is 23.7 Å². The number of nitrogens with two attached hydrogens (primary N) is 1. The van der Waals surface area contributed by atoms with E-state index in [4.69, 9.17) is 5.73 Å². The van der Waals surface area contributed by atoms with E-state index in [1.807, 2.05) is 12.1 Å². The number of para-hydroxylation sites is 1. The van der Waals surface area contributed by atoms with Crippen LogP contribution in [0.4, 0.5) is 5.69 Å². The molecule has 1 aromatic carbocycles. The predicted molar refractivity (Wildman–Crippen MR) is 108 cm³/mol. The Morgan fingerprint density at radius 2 is 1.93 bits per heavy atom. The smallest absolute Gasteiger partial charge is 0.323 e. The number of amides is 1. The van der Waals surface area contributed by atoms with Crippen LogP contribution in [0.2, 0.25) is 0 Å². The van der Waals surface area contributed by atoms with Crippen molar-refractivity contribution in [1.82, 2.24) is 5.32 Å². The lowest BCUT2D eigenvalue weighted by Crippen LogP contribution is -2.53. The van der Waals surface area contributed by atoms with E-state index in [0.717, 1.165) is 30.6 Å². The molecule has 0 spiro atoms. The third-order valence-corrected chi connectivity index (χ3v) is 5.72. The summed E-state index contributed by atoms with van der Waals surface area (Å²) in [4.78, 5) is 37.9. The number of fused-ring (bicyclic) bond motifs is 1. The Kier molecular flexibility index (Phi) is 8.75. The van der Waals surface area contributed by atoms with E-state index in [1.54, 1.807) is 12.1 Å². The minimum atomic E-state index is -1.12. The summed E-state index contributed by atoms with van der Waals surface area (Å²) in [5.74, 6) is -2.22. The second-order valence-electron chi connectivity index (χ2n) is 6.70. The van der Waals surface area contributed by atoms with Crippen LogP contribution in [0.1, 0.15) is 32.1 Å². The minimum Gasteiger partial charge on any atom is -0.480 e. The van der Waals surface area contributed by atoms with Crippen LogP contribution in [0, 0.1) is 0 Å².